The minimum Gasteiger partial charge on any atom is -0.493 e. The summed E-state index contributed by atoms with van der Waals surface area (Å²) in [7, 11) is 4.57. The lowest BCUT2D eigenvalue weighted by molar-refractivity contribution is -0.125. The third kappa shape index (κ3) is 3.86. The van der Waals surface area contributed by atoms with Crippen molar-refractivity contribution in [3.05, 3.63) is 12.1 Å². The molecule has 0 radical (unpaired) electrons. The van der Waals surface area contributed by atoms with E-state index in [1.54, 1.807) is 12.1 Å². The first-order valence-corrected chi connectivity index (χ1v) is 8.98. The number of carbonyl (C=O) groups is 2. The SMILES string of the molecule is COc1cc(NC(=O)C2CC2C(=O)NC2CCCC2)cc(OC)c1OC. The molecular weight excluding hydrogens is 336 g/mol. The van der Waals surface area contributed by atoms with E-state index < -0.39 is 0 Å². The van der Waals surface area contributed by atoms with E-state index in [2.05, 4.69) is 10.6 Å². The van der Waals surface area contributed by atoms with Crippen LogP contribution >= 0.6 is 0 Å². The summed E-state index contributed by atoms with van der Waals surface area (Å²) >= 11 is 0. The first-order chi connectivity index (χ1) is 12.6. The van der Waals surface area contributed by atoms with E-state index in [0.29, 0.717) is 29.4 Å². The summed E-state index contributed by atoms with van der Waals surface area (Å²) in [5.41, 5.74) is 0.548. The van der Waals surface area contributed by atoms with Gasteiger partial charge in [0.25, 0.3) is 0 Å². The van der Waals surface area contributed by atoms with Crippen LogP contribution in [0.4, 0.5) is 5.69 Å². The lowest BCUT2D eigenvalue weighted by atomic mass is 10.2. The van der Waals surface area contributed by atoms with Crippen molar-refractivity contribution < 1.29 is 23.8 Å². The molecule has 2 aliphatic carbocycles. The molecule has 2 N–H and O–H groups in total. The highest BCUT2D eigenvalue weighted by atomic mass is 16.5. The smallest absolute Gasteiger partial charge is 0.228 e. The molecule has 26 heavy (non-hydrogen) atoms. The van der Waals surface area contributed by atoms with Gasteiger partial charge in [-0.1, -0.05) is 12.8 Å². The number of nitrogens with one attached hydrogen (secondary N) is 2. The fourth-order valence-corrected chi connectivity index (χ4v) is 3.54. The van der Waals surface area contributed by atoms with Crippen molar-refractivity contribution in [3.8, 4) is 17.2 Å². The first kappa shape index (κ1) is 18.4. The van der Waals surface area contributed by atoms with Crippen molar-refractivity contribution in [2.45, 2.75) is 38.1 Å². The van der Waals surface area contributed by atoms with Crippen LogP contribution in [-0.2, 0) is 9.59 Å². The maximum absolute atomic E-state index is 12.5. The Hall–Kier alpha value is -2.44. The Morgan fingerprint density at radius 1 is 0.923 bits per heavy atom. The summed E-state index contributed by atoms with van der Waals surface area (Å²) < 4.78 is 15.9. The summed E-state index contributed by atoms with van der Waals surface area (Å²) in [5.74, 6) is 0.733. The van der Waals surface area contributed by atoms with Crippen LogP contribution in [0.15, 0.2) is 12.1 Å². The predicted molar refractivity (Wildman–Crippen MR) is 96.7 cm³/mol. The van der Waals surface area contributed by atoms with E-state index in [1.807, 2.05) is 0 Å². The van der Waals surface area contributed by atoms with Gasteiger partial charge in [0.2, 0.25) is 17.6 Å². The van der Waals surface area contributed by atoms with Gasteiger partial charge in [0.15, 0.2) is 11.5 Å². The molecule has 0 bridgehead atoms. The molecule has 7 nitrogen and oxygen atoms in total. The topological polar surface area (TPSA) is 85.9 Å². The number of hydrogen-bond acceptors (Lipinski definition) is 5. The molecule has 0 spiro atoms. The van der Waals surface area contributed by atoms with E-state index in [9.17, 15) is 9.59 Å². The number of anilines is 1. The molecule has 2 unspecified atom stereocenters. The zero-order valence-electron chi connectivity index (χ0n) is 15.5. The van der Waals surface area contributed by atoms with Crippen LogP contribution in [0.1, 0.15) is 32.1 Å². The highest BCUT2D eigenvalue weighted by molar-refractivity contribution is 6.00. The molecule has 1 aromatic carbocycles. The number of methoxy groups -OCH3 is 3. The maximum atomic E-state index is 12.5. The van der Waals surface area contributed by atoms with Crippen LogP contribution in [-0.4, -0.2) is 39.2 Å². The number of benzene rings is 1. The van der Waals surface area contributed by atoms with E-state index in [1.165, 1.54) is 34.2 Å². The molecule has 1 aromatic rings. The average Bonchev–Trinajstić information content (AvgIpc) is 3.30. The Bertz CT molecular complexity index is 660. The number of carbonyl (C=O) groups excluding carboxylic acids is 2. The minimum absolute atomic E-state index is 0.00180. The Kier molecular flexibility index (Phi) is 5.54. The van der Waals surface area contributed by atoms with Gasteiger partial charge in [-0.2, -0.15) is 0 Å². The zero-order valence-corrected chi connectivity index (χ0v) is 15.5. The van der Waals surface area contributed by atoms with Gasteiger partial charge in [0.05, 0.1) is 33.2 Å². The van der Waals surface area contributed by atoms with E-state index >= 15 is 0 Å². The second kappa shape index (κ2) is 7.85. The molecular formula is C19H26N2O5. The van der Waals surface area contributed by atoms with Crippen LogP contribution in [0.25, 0.3) is 0 Å². The van der Waals surface area contributed by atoms with Crippen molar-refractivity contribution in [1.82, 2.24) is 5.32 Å². The van der Waals surface area contributed by atoms with Crippen LogP contribution < -0.4 is 24.8 Å². The van der Waals surface area contributed by atoms with E-state index in [4.69, 9.17) is 14.2 Å². The molecule has 2 amide bonds. The number of amides is 2. The summed E-state index contributed by atoms with van der Waals surface area (Å²) in [5, 5.41) is 5.91. The minimum atomic E-state index is -0.282. The van der Waals surface area contributed by atoms with Crippen molar-refractivity contribution in [2.24, 2.45) is 11.8 Å². The third-order valence-corrected chi connectivity index (χ3v) is 5.10. The Morgan fingerprint density at radius 3 is 2.04 bits per heavy atom. The van der Waals surface area contributed by atoms with Gasteiger partial charge in [-0.05, 0) is 19.3 Å². The Labute approximate surface area is 153 Å². The van der Waals surface area contributed by atoms with Gasteiger partial charge in [-0.25, -0.2) is 0 Å². The molecule has 0 aliphatic heterocycles. The van der Waals surface area contributed by atoms with Gasteiger partial charge in [0, 0.05) is 23.9 Å². The van der Waals surface area contributed by atoms with Gasteiger partial charge < -0.3 is 24.8 Å². The Balaban J connectivity index is 1.61. The fraction of sp³-hybridized carbons (Fsp3) is 0.579. The summed E-state index contributed by atoms with van der Waals surface area (Å²) in [4.78, 5) is 24.7. The molecule has 142 valence electrons. The Morgan fingerprint density at radius 2 is 1.50 bits per heavy atom. The monoisotopic (exact) mass is 362 g/mol. The van der Waals surface area contributed by atoms with Crippen molar-refractivity contribution in [2.75, 3.05) is 26.6 Å². The summed E-state index contributed by atoms with van der Waals surface area (Å²) in [6.45, 7) is 0. The molecule has 2 atom stereocenters. The second-order valence-corrected chi connectivity index (χ2v) is 6.84. The molecule has 0 saturated heterocycles. The van der Waals surface area contributed by atoms with Crippen LogP contribution in [0.5, 0.6) is 17.2 Å². The first-order valence-electron chi connectivity index (χ1n) is 8.98. The molecule has 7 heteroatoms. The molecule has 2 aliphatic rings. The summed E-state index contributed by atoms with van der Waals surface area (Å²) in [6.07, 6.45) is 5.01. The van der Waals surface area contributed by atoms with Crippen molar-refractivity contribution in [3.63, 3.8) is 0 Å². The standard InChI is InChI=1S/C19H26N2O5/c1-24-15-8-12(9-16(25-2)17(15)26-3)21-19(23)14-10-13(14)18(22)20-11-6-4-5-7-11/h8-9,11,13-14H,4-7,10H2,1-3H3,(H,20,22)(H,21,23). The average molecular weight is 362 g/mol. The summed E-state index contributed by atoms with van der Waals surface area (Å²) in [6, 6.07) is 3.63. The van der Waals surface area contributed by atoms with Crippen LogP contribution in [0.2, 0.25) is 0 Å². The zero-order chi connectivity index (χ0) is 18.7. The highest BCUT2D eigenvalue weighted by Gasteiger charge is 2.48. The van der Waals surface area contributed by atoms with Crippen LogP contribution in [0, 0.1) is 11.8 Å². The second-order valence-electron chi connectivity index (χ2n) is 6.84. The number of rotatable bonds is 7. The number of hydrogen-bond donors (Lipinski definition) is 2. The quantitative estimate of drug-likeness (QED) is 0.778. The van der Waals surface area contributed by atoms with Gasteiger partial charge >= 0.3 is 0 Å². The van der Waals surface area contributed by atoms with Crippen molar-refractivity contribution >= 4 is 17.5 Å². The normalized spacial score (nSPS) is 21.8. The third-order valence-electron chi connectivity index (χ3n) is 5.10. The fourth-order valence-electron chi connectivity index (χ4n) is 3.54. The van der Waals surface area contributed by atoms with E-state index in [0.717, 1.165) is 12.8 Å². The highest BCUT2D eigenvalue weighted by Crippen LogP contribution is 2.42. The molecule has 2 fully saturated rings. The van der Waals surface area contributed by atoms with Gasteiger partial charge in [0.1, 0.15) is 0 Å². The molecule has 2 saturated carbocycles. The molecule has 0 heterocycles. The lowest BCUT2D eigenvalue weighted by Gasteiger charge is -2.15. The van der Waals surface area contributed by atoms with Crippen molar-refractivity contribution in [1.29, 1.82) is 0 Å². The van der Waals surface area contributed by atoms with E-state index in [-0.39, 0.29) is 29.7 Å². The van der Waals surface area contributed by atoms with Gasteiger partial charge in [-0.3, -0.25) is 9.59 Å². The lowest BCUT2D eigenvalue weighted by Crippen LogP contribution is -2.34. The van der Waals surface area contributed by atoms with Gasteiger partial charge in [-0.15, -0.1) is 0 Å². The predicted octanol–water partition coefficient (Wildman–Crippen LogP) is 2.35. The molecule has 3 rings (SSSR count). The maximum Gasteiger partial charge on any atom is 0.228 e. The largest absolute Gasteiger partial charge is 0.493 e. The molecule has 0 aromatic heterocycles. The van der Waals surface area contributed by atoms with Crippen LogP contribution in [0.3, 0.4) is 0 Å². The number of ether oxygens (including phenoxy) is 3.